The molecule has 19 heavy (non-hydrogen) atoms. The second-order valence-corrected chi connectivity index (χ2v) is 6.15. The Morgan fingerprint density at radius 1 is 1.26 bits per heavy atom. The summed E-state index contributed by atoms with van der Waals surface area (Å²) in [4.78, 5) is 13.7. The van der Waals surface area contributed by atoms with E-state index in [1.807, 2.05) is 6.92 Å². The summed E-state index contributed by atoms with van der Waals surface area (Å²) < 4.78 is 0. The van der Waals surface area contributed by atoms with Gasteiger partial charge in [0.1, 0.15) is 5.54 Å². The predicted octanol–water partition coefficient (Wildman–Crippen LogP) is 2.34. The highest BCUT2D eigenvalue weighted by atomic mass is 16.4. The third-order valence-corrected chi connectivity index (χ3v) is 5.00. The monoisotopic (exact) mass is 270 g/mol. The van der Waals surface area contributed by atoms with Crippen molar-refractivity contribution in [3.05, 3.63) is 0 Å². The molecule has 0 aromatic carbocycles. The van der Waals surface area contributed by atoms with E-state index in [1.54, 1.807) is 6.92 Å². The minimum absolute atomic E-state index is 0.494. The second kappa shape index (κ2) is 6.71. The first-order valence-electron chi connectivity index (χ1n) is 7.62. The number of hydrogen-bond acceptors (Lipinski definition) is 3. The van der Waals surface area contributed by atoms with Crippen molar-refractivity contribution in [1.29, 1.82) is 0 Å². The summed E-state index contributed by atoms with van der Waals surface area (Å²) in [5.41, 5.74) is -0.332. The summed E-state index contributed by atoms with van der Waals surface area (Å²) in [7, 11) is 0. The number of carboxylic acid groups (broad SMARTS) is 1. The van der Waals surface area contributed by atoms with E-state index in [2.05, 4.69) is 24.1 Å². The third-order valence-electron chi connectivity index (χ3n) is 5.00. The minimum atomic E-state index is -0.826. The molecule has 4 nitrogen and oxygen atoms in total. The number of nitrogens with zero attached hydrogens (tertiary/aromatic N) is 1. The fraction of sp³-hybridized carbons (Fsp3) is 0.933. The molecule has 2 N–H and O–H groups in total. The van der Waals surface area contributed by atoms with Crippen LogP contribution in [0.1, 0.15) is 53.4 Å². The summed E-state index contributed by atoms with van der Waals surface area (Å²) in [6.45, 7) is 11.6. The lowest BCUT2D eigenvalue weighted by Crippen LogP contribution is -2.58. The van der Waals surface area contributed by atoms with E-state index in [9.17, 15) is 9.90 Å². The molecule has 1 unspecified atom stereocenters. The molecule has 1 aliphatic heterocycles. The van der Waals surface area contributed by atoms with Gasteiger partial charge in [0.15, 0.2) is 0 Å². The molecular formula is C15H30N2O2. The summed E-state index contributed by atoms with van der Waals surface area (Å²) in [5.74, 6) is -0.753. The predicted molar refractivity (Wildman–Crippen MR) is 78.4 cm³/mol. The standard InChI is InChI=1S/C15H30N2O2/c1-5-15(6-2)8-10-17(11-9-15)12-14(4,13(18)19)16-7-3/h16H,5-12H2,1-4H3,(H,18,19). The molecule has 0 aromatic rings. The van der Waals surface area contributed by atoms with Gasteiger partial charge in [0.05, 0.1) is 0 Å². The van der Waals surface area contributed by atoms with E-state index < -0.39 is 11.5 Å². The molecule has 0 aliphatic carbocycles. The van der Waals surface area contributed by atoms with Gasteiger partial charge in [-0.15, -0.1) is 0 Å². The van der Waals surface area contributed by atoms with Gasteiger partial charge in [0.2, 0.25) is 0 Å². The number of carboxylic acids is 1. The fourth-order valence-electron chi connectivity index (χ4n) is 3.18. The molecule has 0 aromatic heterocycles. The van der Waals surface area contributed by atoms with Gasteiger partial charge in [-0.25, -0.2) is 0 Å². The molecule has 0 spiro atoms. The molecule has 1 aliphatic rings. The van der Waals surface area contributed by atoms with Crippen molar-refractivity contribution in [2.45, 2.75) is 58.9 Å². The molecule has 4 heteroatoms. The Kier molecular flexibility index (Phi) is 5.81. The molecule has 1 fully saturated rings. The van der Waals surface area contributed by atoms with Gasteiger partial charge >= 0.3 is 5.97 Å². The fourth-order valence-corrected chi connectivity index (χ4v) is 3.18. The van der Waals surface area contributed by atoms with Crippen molar-refractivity contribution < 1.29 is 9.90 Å². The molecule has 112 valence electrons. The van der Waals surface area contributed by atoms with E-state index in [1.165, 1.54) is 25.7 Å². The Balaban J connectivity index is 2.58. The maximum Gasteiger partial charge on any atom is 0.324 e. The van der Waals surface area contributed by atoms with Crippen molar-refractivity contribution in [1.82, 2.24) is 10.2 Å². The van der Waals surface area contributed by atoms with E-state index in [4.69, 9.17) is 0 Å². The van der Waals surface area contributed by atoms with Crippen LogP contribution >= 0.6 is 0 Å². The van der Waals surface area contributed by atoms with E-state index >= 15 is 0 Å². The Hall–Kier alpha value is -0.610. The van der Waals surface area contributed by atoms with Gasteiger partial charge < -0.3 is 15.3 Å². The second-order valence-electron chi connectivity index (χ2n) is 6.15. The number of piperidine rings is 1. The Morgan fingerprint density at radius 3 is 2.16 bits per heavy atom. The SMILES string of the molecule is CCNC(C)(CN1CCC(CC)(CC)CC1)C(=O)O. The summed E-state index contributed by atoms with van der Waals surface area (Å²) in [5, 5.41) is 12.5. The van der Waals surface area contributed by atoms with Crippen LogP contribution < -0.4 is 5.32 Å². The topological polar surface area (TPSA) is 52.6 Å². The van der Waals surface area contributed by atoms with Gasteiger partial charge in [0, 0.05) is 6.54 Å². The maximum absolute atomic E-state index is 11.4. The molecule has 0 bridgehead atoms. The lowest BCUT2D eigenvalue weighted by atomic mass is 9.74. The summed E-state index contributed by atoms with van der Waals surface area (Å²) in [6, 6.07) is 0. The van der Waals surface area contributed by atoms with Crippen LogP contribution in [0.4, 0.5) is 0 Å². The smallest absolute Gasteiger partial charge is 0.324 e. The highest BCUT2D eigenvalue weighted by molar-refractivity contribution is 5.78. The van der Waals surface area contributed by atoms with Crippen LogP contribution in [0.15, 0.2) is 0 Å². The van der Waals surface area contributed by atoms with Crippen molar-refractivity contribution in [3.8, 4) is 0 Å². The van der Waals surface area contributed by atoms with E-state index in [-0.39, 0.29) is 0 Å². The average Bonchev–Trinajstić information content (AvgIpc) is 2.40. The number of likely N-dealkylation sites (N-methyl/N-ethyl adjacent to an activating group) is 1. The molecule has 1 heterocycles. The van der Waals surface area contributed by atoms with Crippen LogP contribution in [0.2, 0.25) is 0 Å². The third kappa shape index (κ3) is 3.93. The lowest BCUT2D eigenvalue weighted by Gasteiger charge is -2.43. The largest absolute Gasteiger partial charge is 0.480 e. The van der Waals surface area contributed by atoms with Crippen LogP contribution in [0.25, 0.3) is 0 Å². The van der Waals surface area contributed by atoms with Crippen molar-refractivity contribution in [2.24, 2.45) is 5.41 Å². The van der Waals surface area contributed by atoms with Gasteiger partial charge in [0.25, 0.3) is 0 Å². The molecule has 1 rings (SSSR count). The minimum Gasteiger partial charge on any atom is -0.480 e. The van der Waals surface area contributed by atoms with Crippen molar-refractivity contribution >= 4 is 5.97 Å². The quantitative estimate of drug-likeness (QED) is 0.745. The lowest BCUT2D eigenvalue weighted by molar-refractivity contribution is -0.145. The van der Waals surface area contributed by atoms with Crippen molar-refractivity contribution in [2.75, 3.05) is 26.2 Å². The number of nitrogens with one attached hydrogen (secondary N) is 1. The van der Waals surface area contributed by atoms with Gasteiger partial charge in [-0.3, -0.25) is 4.79 Å². The number of hydrogen-bond donors (Lipinski definition) is 2. The van der Waals surface area contributed by atoms with Crippen LogP contribution in [0, 0.1) is 5.41 Å². The van der Waals surface area contributed by atoms with Crippen molar-refractivity contribution in [3.63, 3.8) is 0 Å². The summed E-state index contributed by atoms with van der Waals surface area (Å²) >= 11 is 0. The van der Waals surface area contributed by atoms with Gasteiger partial charge in [-0.2, -0.15) is 0 Å². The normalized spacial score (nSPS) is 22.9. The van der Waals surface area contributed by atoms with Crippen LogP contribution in [0.5, 0.6) is 0 Å². The average molecular weight is 270 g/mol. The number of aliphatic carboxylic acids is 1. The van der Waals surface area contributed by atoms with Gasteiger partial charge in [-0.05, 0) is 44.8 Å². The zero-order valence-electron chi connectivity index (χ0n) is 13.0. The molecule has 0 saturated carbocycles. The molecular weight excluding hydrogens is 240 g/mol. The number of rotatable bonds is 7. The highest BCUT2D eigenvalue weighted by Gasteiger charge is 2.37. The number of carbonyl (C=O) groups is 1. The summed E-state index contributed by atoms with van der Waals surface area (Å²) in [6.07, 6.45) is 4.87. The molecule has 0 amide bonds. The van der Waals surface area contributed by atoms with Crippen LogP contribution in [-0.2, 0) is 4.79 Å². The zero-order chi connectivity index (χ0) is 14.5. The first kappa shape index (κ1) is 16.4. The van der Waals surface area contributed by atoms with Crippen LogP contribution in [-0.4, -0.2) is 47.7 Å². The Bertz CT molecular complexity index is 293. The Morgan fingerprint density at radius 2 is 1.79 bits per heavy atom. The zero-order valence-corrected chi connectivity index (χ0v) is 13.0. The molecule has 1 saturated heterocycles. The number of likely N-dealkylation sites (tertiary alicyclic amines) is 1. The van der Waals surface area contributed by atoms with Gasteiger partial charge in [-0.1, -0.05) is 33.6 Å². The van der Waals surface area contributed by atoms with E-state index in [0.717, 1.165) is 13.1 Å². The highest BCUT2D eigenvalue weighted by Crippen LogP contribution is 2.38. The maximum atomic E-state index is 11.4. The van der Waals surface area contributed by atoms with E-state index in [0.29, 0.717) is 18.5 Å². The first-order valence-corrected chi connectivity index (χ1v) is 7.62. The first-order chi connectivity index (χ1) is 8.91. The molecule has 0 radical (unpaired) electrons. The molecule has 1 atom stereocenters. The van der Waals surface area contributed by atoms with Crippen LogP contribution in [0.3, 0.4) is 0 Å². The Labute approximate surface area is 117 Å².